The zero-order valence-corrected chi connectivity index (χ0v) is 16.0. The van der Waals surface area contributed by atoms with Crippen molar-refractivity contribution in [1.29, 1.82) is 0 Å². The van der Waals surface area contributed by atoms with E-state index in [0.29, 0.717) is 17.3 Å². The van der Waals surface area contributed by atoms with Crippen LogP contribution in [0.2, 0.25) is 0 Å². The van der Waals surface area contributed by atoms with E-state index in [-0.39, 0.29) is 23.4 Å². The van der Waals surface area contributed by atoms with Crippen LogP contribution in [-0.4, -0.2) is 52.4 Å². The van der Waals surface area contributed by atoms with Gasteiger partial charge < -0.3 is 21.3 Å². The van der Waals surface area contributed by atoms with Crippen LogP contribution in [-0.2, 0) is 4.79 Å². The molecule has 0 saturated heterocycles. The summed E-state index contributed by atoms with van der Waals surface area (Å²) in [6, 6.07) is 0.235. The van der Waals surface area contributed by atoms with Crippen molar-refractivity contribution in [1.82, 2.24) is 14.9 Å². The molecule has 2 bridgehead atoms. The van der Waals surface area contributed by atoms with Crippen molar-refractivity contribution in [3.63, 3.8) is 0 Å². The highest BCUT2D eigenvalue weighted by Gasteiger charge is 2.57. The number of nitrogens with zero attached hydrogens (tertiary/aromatic N) is 3. The second-order valence-electron chi connectivity index (χ2n) is 8.63. The van der Waals surface area contributed by atoms with Gasteiger partial charge in [-0.25, -0.2) is 4.98 Å². The molecule has 0 unspecified atom stereocenters. The lowest BCUT2D eigenvalue weighted by atomic mass is 9.50. The van der Waals surface area contributed by atoms with E-state index in [4.69, 9.17) is 5.73 Å². The minimum Gasteiger partial charge on any atom is -0.365 e. The Hall–Kier alpha value is -2.38. The maximum atomic E-state index is 12.1. The summed E-state index contributed by atoms with van der Waals surface area (Å²) in [5, 5.41) is 6.81. The quantitative estimate of drug-likeness (QED) is 0.699. The molecular weight excluding hydrogens is 344 g/mol. The first-order valence-corrected chi connectivity index (χ1v) is 9.78. The monoisotopic (exact) mass is 372 g/mol. The summed E-state index contributed by atoms with van der Waals surface area (Å²) in [5.41, 5.74) is 5.93. The van der Waals surface area contributed by atoms with Crippen LogP contribution in [0.4, 0.5) is 11.8 Å². The molecule has 1 aromatic rings. The molecule has 0 aromatic carbocycles. The lowest BCUT2D eigenvalue weighted by Crippen LogP contribution is -2.63. The van der Waals surface area contributed by atoms with Gasteiger partial charge in [-0.15, -0.1) is 0 Å². The predicted molar refractivity (Wildman–Crippen MR) is 102 cm³/mol. The molecule has 1 aromatic heterocycles. The third-order valence-corrected chi connectivity index (χ3v) is 6.33. The fourth-order valence-electron chi connectivity index (χ4n) is 4.64. The smallest absolute Gasteiger partial charge is 0.254 e. The number of hydrogen-bond acceptors (Lipinski definition) is 6. The van der Waals surface area contributed by atoms with Gasteiger partial charge in [-0.1, -0.05) is 0 Å². The summed E-state index contributed by atoms with van der Waals surface area (Å²) in [4.78, 5) is 34.3. The fourth-order valence-corrected chi connectivity index (χ4v) is 4.64. The van der Waals surface area contributed by atoms with Crippen LogP contribution in [0.15, 0.2) is 6.20 Å². The van der Waals surface area contributed by atoms with Crippen molar-refractivity contribution in [3.8, 4) is 0 Å². The number of amides is 2. The van der Waals surface area contributed by atoms with Crippen molar-refractivity contribution in [3.05, 3.63) is 11.8 Å². The summed E-state index contributed by atoms with van der Waals surface area (Å²) in [5.74, 6) is 1.68. The summed E-state index contributed by atoms with van der Waals surface area (Å²) >= 11 is 0. The molecule has 1 heterocycles. The molecular formula is C19H28N6O2. The first-order chi connectivity index (χ1) is 12.8. The predicted octanol–water partition coefficient (Wildman–Crippen LogP) is 1.60. The molecule has 0 radical (unpaired) electrons. The van der Waals surface area contributed by atoms with Gasteiger partial charge in [0.1, 0.15) is 5.82 Å². The van der Waals surface area contributed by atoms with E-state index in [9.17, 15) is 9.59 Å². The molecule has 8 nitrogen and oxygen atoms in total. The van der Waals surface area contributed by atoms with Gasteiger partial charge >= 0.3 is 0 Å². The number of nitrogens with two attached hydrogens (primary N) is 1. The molecule has 4 N–H and O–H groups in total. The van der Waals surface area contributed by atoms with Crippen molar-refractivity contribution in [2.45, 2.75) is 56.5 Å². The average molecular weight is 372 g/mol. The van der Waals surface area contributed by atoms with E-state index in [1.165, 1.54) is 6.20 Å². The normalized spacial score (nSPS) is 31.3. The summed E-state index contributed by atoms with van der Waals surface area (Å²) in [6.45, 7) is 0. The van der Waals surface area contributed by atoms with E-state index < -0.39 is 5.91 Å². The van der Waals surface area contributed by atoms with Crippen LogP contribution in [0.3, 0.4) is 0 Å². The summed E-state index contributed by atoms with van der Waals surface area (Å²) in [6.07, 6.45) is 8.46. The van der Waals surface area contributed by atoms with E-state index in [1.807, 2.05) is 0 Å². The first-order valence-electron chi connectivity index (χ1n) is 9.78. The maximum Gasteiger partial charge on any atom is 0.254 e. The van der Waals surface area contributed by atoms with Crippen molar-refractivity contribution in [2.75, 3.05) is 24.7 Å². The number of aromatic nitrogens is 2. The van der Waals surface area contributed by atoms with E-state index >= 15 is 0 Å². The molecule has 4 fully saturated rings. The van der Waals surface area contributed by atoms with Crippen molar-refractivity contribution >= 4 is 23.6 Å². The number of carbonyl (C=O) groups is 2. The SMILES string of the molecule is CN(C)C(=O)[C@H]1CC[C@H](Nc2ncc(C(N)=O)c(NC34CC(C3)C4)n2)CC1. The van der Waals surface area contributed by atoms with Crippen molar-refractivity contribution < 1.29 is 9.59 Å². The molecule has 5 rings (SSSR count). The molecule has 0 atom stereocenters. The Morgan fingerprint density at radius 1 is 1.19 bits per heavy atom. The van der Waals surface area contributed by atoms with Gasteiger partial charge in [0, 0.05) is 37.8 Å². The van der Waals surface area contributed by atoms with Gasteiger partial charge in [0.15, 0.2) is 0 Å². The molecule has 0 spiro atoms. The molecule has 146 valence electrons. The Balaban J connectivity index is 1.40. The Morgan fingerprint density at radius 3 is 2.37 bits per heavy atom. The Labute approximate surface area is 159 Å². The maximum absolute atomic E-state index is 12.1. The third-order valence-electron chi connectivity index (χ3n) is 6.33. The van der Waals surface area contributed by atoms with Crippen LogP contribution in [0.5, 0.6) is 0 Å². The highest BCUT2D eigenvalue weighted by Crippen LogP contribution is 2.58. The number of anilines is 2. The van der Waals surface area contributed by atoms with Crippen LogP contribution in [0.25, 0.3) is 0 Å². The third kappa shape index (κ3) is 3.44. The minimum absolute atomic E-state index is 0.102. The number of hydrogen-bond donors (Lipinski definition) is 3. The second kappa shape index (κ2) is 6.65. The molecule has 4 aliphatic carbocycles. The Kier molecular flexibility index (Phi) is 4.44. The highest BCUT2D eigenvalue weighted by atomic mass is 16.2. The van der Waals surface area contributed by atoms with Crippen LogP contribution < -0.4 is 16.4 Å². The van der Waals surface area contributed by atoms with E-state index in [1.54, 1.807) is 19.0 Å². The number of nitrogens with one attached hydrogen (secondary N) is 2. The number of primary amides is 1. The van der Waals surface area contributed by atoms with Gasteiger partial charge in [-0.2, -0.15) is 4.98 Å². The van der Waals surface area contributed by atoms with Gasteiger partial charge in [-0.3, -0.25) is 9.59 Å². The van der Waals surface area contributed by atoms with Crippen LogP contribution in [0.1, 0.15) is 55.3 Å². The lowest BCUT2D eigenvalue weighted by Gasteiger charge is -2.62. The molecule has 2 amide bonds. The lowest BCUT2D eigenvalue weighted by molar-refractivity contribution is -0.133. The molecule has 4 aliphatic rings. The highest BCUT2D eigenvalue weighted by molar-refractivity contribution is 5.97. The molecule has 8 heteroatoms. The van der Waals surface area contributed by atoms with Crippen LogP contribution >= 0.6 is 0 Å². The zero-order chi connectivity index (χ0) is 19.2. The first kappa shape index (κ1) is 18.0. The van der Waals surface area contributed by atoms with Crippen molar-refractivity contribution in [2.24, 2.45) is 17.6 Å². The van der Waals surface area contributed by atoms with Gasteiger partial charge in [0.05, 0.1) is 5.56 Å². The summed E-state index contributed by atoms with van der Waals surface area (Å²) in [7, 11) is 3.61. The second-order valence-corrected chi connectivity index (χ2v) is 8.63. The van der Waals surface area contributed by atoms with E-state index in [2.05, 4.69) is 20.6 Å². The summed E-state index contributed by atoms with van der Waals surface area (Å²) < 4.78 is 0. The largest absolute Gasteiger partial charge is 0.365 e. The molecule has 4 saturated carbocycles. The molecule has 0 aliphatic heterocycles. The topological polar surface area (TPSA) is 113 Å². The van der Waals surface area contributed by atoms with Gasteiger partial charge in [0.2, 0.25) is 11.9 Å². The fraction of sp³-hybridized carbons (Fsp3) is 0.684. The van der Waals surface area contributed by atoms with Crippen LogP contribution in [0, 0.1) is 11.8 Å². The minimum atomic E-state index is -0.515. The number of rotatable bonds is 6. The zero-order valence-electron chi connectivity index (χ0n) is 16.0. The average Bonchev–Trinajstić information content (AvgIpc) is 2.57. The van der Waals surface area contributed by atoms with E-state index in [0.717, 1.165) is 50.9 Å². The standard InChI is InChI=1S/C19H28N6O2/c1-25(2)17(27)12-3-5-13(6-4-12)22-18-21-10-14(15(20)26)16(23-18)24-19-7-11(8-19)9-19/h10-13H,3-9H2,1-2H3,(H2,20,26)(H2,21,22,23,24)/t11?,12-,13-,19?. The van der Waals surface area contributed by atoms with Gasteiger partial charge in [-0.05, 0) is 50.9 Å². The van der Waals surface area contributed by atoms with Gasteiger partial charge in [0.25, 0.3) is 5.91 Å². The Morgan fingerprint density at radius 2 is 1.85 bits per heavy atom. The Bertz CT molecular complexity index is 740. The molecule has 27 heavy (non-hydrogen) atoms. The number of carbonyl (C=O) groups excluding carboxylic acids is 2.